The van der Waals surface area contributed by atoms with Gasteiger partial charge in [-0.15, -0.1) is 0 Å². The van der Waals surface area contributed by atoms with Crippen LogP contribution in [0.25, 0.3) is 11.3 Å². The molecule has 0 spiro atoms. The maximum Gasteiger partial charge on any atom is 0.254 e. The number of pyridine rings is 1. The molecule has 2 aromatic rings. The Morgan fingerprint density at radius 1 is 1.27 bits per heavy atom. The van der Waals surface area contributed by atoms with Crippen molar-refractivity contribution in [2.45, 2.75) is 11.3 Å². The molecule has 22 heavy (non-hydrogen) atoms. The zero-order valence-electron chi connectivity index (χ0n) is 11.8. The summed E-state index contributed by atoms with van der Waals surface area (Å²) < 4.78 is 25.0. The molecule has 0 aliphatic carbocycles. The Bertz CT molecular complexity index is 878. The highest BCUT2D eigenvalue weighted by atomic mass is 79.9. The Morgan fingerprint density at radius 3 is 2.73 bits per heavy atom. The summed E-state index contributed by atoms with van der Waals surface area (Å²) in [7, 11) is -3.53. The summed E-state index contributed by atoms with van der Waals surface area (Å²) in [5.74, 6) is -0.380. The fourth-order valence-corrected chi connectivity index (χ4v) is 3.77. The first kappa shape index (κ1) is 15.2. The summed E-state index contributed by atoms with van der Waals surface area (Å²) in [4.78, 5) is 16.6. The highest BCUT2D eigenvalue weighted by Crippen LogP contribution is 2.28. The molecule has 1 aliphatic rings. The normalized spacial score (nSPS) is 14.4. The molecule has 0 unspecified atom stereocenters. The van der Waals surface area contributed by atoms with E-state index in [4.69, 9.17) is 0 Å². The summed E-state index contributed by atoms with van der Waals surface area (Å²) in [5, 5.41) is 2.67. The van der Waals surface area contributed by atoms with Crippen LogP contribution in [0.3, 0.4) is 0 Å². The molecule has 7 heteroatoms. The maximum absolute atomic E-state index is 12.1. The van der Waals surface area contributed by atoms with Crippen LogP contribution < -0.4 is 5.32 Å². The van der Waals surface area contributed by atoms with E-state index in [1.165, 1.54) is 6.07 Å². The largest absolute Gasteiger partial charge is 0.352 e. The van der Waals surface area contributed by atoms with Gasteiger partial charge < -0.3 is 5.32 Å². The number of carbonyl (C=O) groups is 1. The lowest BCUT2D eigenvalue weighted by atomic mass is 10.0. The Hall–Kier alpha value is -1.73. The zero-order chi connectivity index (χ0) is 15.9. The number of carbonyl (C=O) groups excluding carboxylic acids is 1. The van der Waals surface area contributed by atoms with Gasteiger partial charge in [0.15, 0.2) is 9.84 Å². The van der Waals surface area contributed by atoms with Gasteiger partial charge in [0, 0.05) is 29.3 Å². The van der Waals surface area contributed by atoms with E-state index in [2.05, 4.69) is 26.2 Å². The first-order valence-corrected chi connectivity index (χ1v) is 9.33. The second-order valence-corrected chi connectivity index (χ2v) is 8.02. The van der Waals surface area contributed by atoms with Crippen LogP contribution >= 0.6 is 15.9 Å². The van der Waals surface area contributed by atoms with E-state index in [0.717, 1.165) is 16.3 Å². The second-order valence-electron chi connectivity index (χ2n) is 5.12. The van der Waals surface area contributed by atoms with Crippen LogP contribution in [0, 0.1) is 0 Å². The van der Waals surface area contributed by atoms with Gasteiger partial charge in [0.25, 0.3) is 5.91 Å². The maximum atomic E-state index is 12.1. The van der Waals surface area contributed by atoms with E-state index in [1.807, 2.05) is 24.3 Å². The molecule has 1 aromatic heterocycles. The van der Waals surface area contributed by atoms with E-state index in [9.17, 15) is 13.2 Å². The van der Waals surface area contributed by atoms with E-state index in [0.29, 0.717) is 24.4 Å². The quantitative estimate of drug-likeness (QED) is 0.866. The van der Waals surface area contributed by atoms with Crippen molar-refractivity contribution in [1.29, 1.82) is 0 Å². The van der Waals surface area contributed by atoms with Gasteiger partial charge >= 0.3 is 0 Å². The third kappa shape index (κ3) is 2.78. The average molecular weight is 381 g/mol. The monoisotopic (exact) mass is 380 g/mol. The lowest BCUT2D eigenvalue weighted by Gasteiger charge is -2.19. The third-order valence-electron chi connectivity index (χ3n) is 3.45. The van der Waals surface area contributed by atoms with Gasteiger partial charge in [0.2, 0.25) is 0 Å². The molecule has 0 bridgehead atoms. The lowest BCUT2D eigenvalue weighted by molar-refractivity contribution is 0.0941. The first-order chi connectivity index (χ1) is 10.4. The van der Waals surface area contributed by atoms with Crippen molar-refractivity contribution >= 4 is 31.7 Å². The number of rotatable bonds is 2. The second kappa shape index (κ2) is 5.48. The average Bonchev–Trinajstić information content (AvgIpc) is 2.45. The Kier molecular flexibility index (Phi) is 3.78. The van der Waals surface area contributed by atoms with Crippen LogP contribution in [0.4, 0.5) is 0 Å². The number of hydrogen-bond donors (Lipinski definition) is 1. The van der Waals surface area contributed by atoms with Crippen molar-refractivity contribution in [3.63, 3.8) is 0 Å². The van der Waals surface area contributed by atoms with Crippen LogP contribution in [-0.4, -0.2) is 32.1 Å². The van der Waals surface area contributed by atoms with E-state index >= 15 is 0 Å². The molecule has 2 heterocycles. The van der Waals surface area contributed by atoms with Crippen LogP contribution in [-0.2, 0) is 16.3 Å². The van der Waals surface area contributed by atoms with Crippen molar-refractivity contribution in [3.05, 3.63) is 46.1 Å². The number of halogens is 1. The Balaban J connectivity index is 2.29. The van der Waals surface area contributed by atoms with Crippen molar-refractivity contribution in [3.8, 4) is 11.3 Å². The molecule has 0 radical (unpaired) electrons. The smallest absolute Gasteiger partial charge is 0.254 e. The van der Waals surface area contributed by atoms with Crippen molar-refractivity contribution in [1.82, 2.24) is 10.3 Å². The summed E-state index contributed by atoms with van der Waals surface area (Å²) in [6.45, 7) is 0.462. The SMILES string of the molecule is CS(=O)(=O)c1cc(-c2cccc(Br)c2)nc2c1C(=O)NCC2. The summed E-state index contributed by atoms with van der Waals surface area (Å²) in [6, 6.07) is 8.93. The highest BCUT2D eigenvalue weighted by molar-refractivity contribution is 9.10. The molecule has 3 rings (SSSR count). The molecule has 5 nitrogen and oxygen atoms in total. The molecule has 0 saturated heterocycles. The summed E-state index contributed by atoms with van der Waals surface area (Å²) >= 11 is 3.39. The molecule has 0 atom stereocenters. The van der Waals surface area contributed by atoms with Gasteiger partial charge in [-0.2, -0.15) is 0 Å². The molecule has 1 aliphatic heterocycles. The number of nitrogens with zero attached hydrogens (tertiary/aromatic N) is 1. The molecule has 0 saturated carbocycles. The van der Waals surface area contributed by atoms with E-state index in [-0.39, 0.29) is 16.4 Å². The third-order valence-corrected chi connectivity index (χ3v) is 5.07. The van der Waals surface area contributed by atoms with Gasteiger partial charge in [0.1, 0.15) is 0 Å². The number of benzene rings is 1. The molecule has 114 valence electrons. The van der Waals surface area contributed by atoms with Crippen LogP contribution in [0.2, 0.25) is 0 Å². The number of hydrogen-bond acceptors (Lipinski definition) is 4. The lowest BCUT2D eigenvalue weighted by Crippen LogP contribution is -2.34. The Labute approximate surface area is 136 Å². The van der Waals surface area contributed by atoms with Crippen LogP contribution in [0.1, 0.15) is 16.1 Å². The fourth-order valence-electron chi connectivity index (χ4n) is 2.47. The molecular weight excluding hydrogens is 368 g/mol. The molecular formula is C15H13BrN2O3S. The number of sulfone groups is 1. The predicted molar refractivity (Wildman–Crippen MR) is 86.5 cm³/mol. The fraction of sp³-hybridized carbons (Fsp3) is 0.200. The van der Waals surface area contributed by atoms with Crippen molar-refractivity contribution in [2.75, 3.05) is 12.8 Å². The van der Waals surface area contributed by atoms with Crippen molar-refractivity contribution in [2.24, 2.45) is 0 Å². The minimum atomic E-state index is -3.53. The van der Waals surface area contributed by atoms with Gasteiger partial charge in [-0.3, -0.25) is 9.78 Å². The standard InChI is InChI=1S/C15H13BrN2O3S/c1-22(20,21)13-8-12(9-3-2-4-10(16)7-9)18-11-5-6-17-15(19)14(11)13/h2-4,7-8H,5-6H2,1H3,(H,17,19). The Morgan fingerprint density at radius 2 is 2.05 bits per heavy atom. The summed E-state index contributed by atoms with van der Waals surface area (Å²) in [6.07, 6.45) is 1.63. The number of aromatic nitrogens is 1. The zero-order valence-corrected chi connectivity index (χ0v) is 14.2. The van der Waals surface area contributed by atoms with Crippen molar-refractivity contribution < 1.29 is 13.2 Å². The first-order valence-electron chi connectivity index (χ1n) is 6.64. The van der Waals surface area contributed by atoms with Crippen LogP contribution in [0.15, 0.2) is 39.7 Å². The van der Waals surface area contributed by atoms with Gasteiger partial charge in [-0.25, -0.2) is 8.42 Å². The molecule has 1 aromatic carbocycles. The van der Waals surface area contributed by atoms with Gasteiger partial charge in [-0.05, 0) is 18.2 Å². The molecule has 1 N–H and O–H groups in total. The topological polar surface area (TPSA) is 76.1 Å². The number of nitrogens with one attached hydrogen (secondary N) is 1. The minimum absolute atomic E-state index is 0.0321. The van der Waals surface area contributed by atoms with Gasteiger partial charge in [-0.1, -0.05) is 28.1 Å². The predicted octanol–water partition coefficient (Wildman–Crippen LogP) is 2.20. The number of amides is 1. The van der Waals surface area contributed by atoms with E-state index in [1.54, 1.807) is 0 Å². The van der Waals surface area contributed by atoms with Crippen LogP contribution in [0.5, 0.6) is 0 Å². The minimum Gasteiger partial charge on any atom is -0.352 e. The van der Waals surface area contributed by atoms with E-state index < -0.39 is 9.84 Å². The molecule has 1 amide bonds. The highest BCUT2D eigenvalue weighted by Gasteiger charge is 2.27. The molecule has 0 fully saturated rings. The summed E-state index contributed by atoms with van der Waals surface area (Å²) in [5.41, 5.74) is 2.05. The van der Waals surface area contributed by atoms with Gasteiger partial charge in [0.05, 0.1) is 21.8 Å². The number of fused-ring (bicyclic) bond motifs is 1.